The first kappa shape index (κ1) is 22.2. The third kappa shape index (κ3) is 4.91. The van der Waals surface area contributed by atoms with Gasteiger partial charge in [-0.3, -0.25) is 14.0 Å². The number of carbonyl (C=O) groups is 1. The van der Waals surface area contributed by atoms with Gasteiger partial charge in [0.25, 0.3) is 5.91 Å². The van der Waals surface area contributed by atoms with Crippen molar-refractivity contribution >= 4 is 33.2 Å². The van der Waals surface area contributed by atoms with E-state index in [4.69, 9.17) is 5.10 Å². The second kappa shape index (κ2) is 8.87. The lowest BCUT2D eigenvalue weighted by Gasteiger charge is -2.08. The molecular formula is C22H28N6O3S. The Kier molecular flexibility index (Phi) is 6.16. The maximum Gasteiger partial charge on any atom is 0.301 e. The van der Waals surface area contributed by atoms with Crippen LogP contribution in [0.2, 0.25) is 0 Å². The molecule has 0 aromatic carbocycles. The van der Waals surface area contributed by atoms with Crippen LogP contribution >= 0.6 is 0 Å². The fraction of sp³-hybridized carbons (Fsp3) is 0.409. The van der Waals surface area contributed by atoms with Crippen molar-refractivity contribution in [3.63, 3.8) is 0 Å². The fourth-order valence-electron chi connectivity index (χ4n) is 3.70. The zero-order valence-corrected chi connectivity index (χ0v) is 19.3. The molecule has 10 heteroatoms. The molecule has 1 aliphatic carbocycles. The van der Waals surface area contributed by atoms with Crippen molar-refractivity contribution in [2.45, 2.75) is 39.0 Å². The summed E-state index contributed by atoms with van der Waals surface area (Å²) in [5.74, 6) is 0.678. The normalized spacial score (nSPS) is 14.6. The molecule has 0 atom stereocenters. The summed E-state index contributed by atoms with van der Waals surface area (Å²) in [6, 6.07) is 5.81. The summed E-state index contributed by atoms with van der Waals surface area (Å²) in [6.45, 7) is 4.28. The molecule has 1 saturated carbocycles. The average molecular weight is 457 g/mol. The average Bonchev–Trinajstić information content (AvgIpc) is 3.37. The van der Waals surface area contributed by atoms with Gasteiger partial charge in [0, 0.05) is 48.9 Å². The van der Waals surface area contributed by atoms with E-state index in [1.165, 1.54) is 6.08 Å². The number of pyridine rings is 1. The van der Waals surface area contributed by atoms with Crippen LogP contribution in [0.15, 0.2) is 36.7 Å². The van der Waals surface area contributed by atoms with Gasteiger partial charge in [-0.15, -0.1) is 0 Å². The van der Waals surface area contributed by atoms with E-state index in [1.807, 2.05) is 59.3 Å². The van der Waals surface area contributed by atoms with E-state index in [0.717, 1.165) is 35.1 Å². The van der Waals surface area contributed by atoms with Crippen molar-refractivity contribution in [2.75, 3.05) is 6.54 Å². The summed E-state index contributed by atoms with van der Waals surface area (Å²) in [7, 11) is -2.02. The van der Waals surface area contributed by atoms with E-state index in [-0.39, 0.29) is 6.54 Å². The van der Waals surface area contributed by atoms with Gasteiger partial charge < -0.3 is 0 Å². The summed E-state index contributed by atoms with van der Waals surface area (Å²) in [4.78, 5) is 16.8. The molecule has 0 radical (unpaired) electrons. The predicted octanol–water partition coefficient (Wildman–Crippen LogP) is 2.65. The Morgan fingerprint density at radius 1 is 1.31 bits per heavy atom. The standard InChI is InChI=1S/C22H28N6O3S/c1-15(2)10-13-24-32(30,31)26-19(29)9-8-18-20(16-6-7-16)27(3)25-22(18)28-14-11-17-5-4-12-23-21(17)28/h4-5,8-9,11-12,14-16,24H,6-7,10,13H2,1-3H3,(H,26,29)/b9-8+. The molecule has 2 N–H and O–H groups in total. The number of fused-ring (bicyclic) bond motifs is 1. The van der Waals surface area contributed by atoms with Crippen molar-refractivity contribution in [3.8, 4) is 5.82 Å². The first-order valence-corrected chi connectivity index (χ1v) is 12.2. The third-order valence-corrected chi connectivity index (χ3v) is 6.45. The van der Waals surface area contributed by atoms with Crippen LogP contribution in [-0.2, 0) is 22.1 Å². The highest BCUT2D eigenvalue weighted by molar-refractivity contribution is 7.88. The highest BCUT2D eigenvalue weighted by Crippen LogP contribution is 2.43. The van der Waals surface area contributed by atoms with Crippen LogP contribution in [0.4, 0.5) is 0 Å². The van der Waals surface area contributed by atoms with Crippen LogP contribution in [0.25, 0.3) is 22.9 Å². The molecule has 3 heterocycles. The van der Waals surface area contributed by atoms with Crippen LogP contribution < -0.4 is 9.44 Å². The Bertz CT molecular complexity index is 1270. The molecule has 1 fully saturated rings. The van der Waals surface area contributed by atoms with Gasteiger partial charge in [0.1, 0.15) is 5.65 Å². The number of amides is 1. The predicted molar refractivity (Wildman–Crippen MR) is 123 cm³/mol. The molecule has 32 heavy (non-hydrogen) atoms. The number of nitrogens with one attached hydrogen (secondary N) is 2. The number of aromatic nitrogens is 4. The van der Waals surface area contributed by atoms with Crippen molar-refractivity contribution < 1.29 is 13.2 Å². The maximum atomic E-state index is 12.4. The van der Waals surface area contributed by atoms with Gasteiger partial charge in [-0.2, -0.15) is 18.2 Å². The lowest BCUT2D eigenvalue weighted by atomic mass is 10.1. The first-order valence-electron chi connectivity index (χ1n) is 10.7. The van der Waals surface area contributed by atoms with E-state index in [2.05, 4.69) is 9.71 Å². The van der Waals surface area contributed by atoms with E-state index >= 15 is 0 Å². The van der Waals surface area contributed by atoms with Crippen molar-refractivity contribution in [1.29, 1.82) is 0 Å². The summed E-state index contributed by atoms with van der Waals surface area (Å²) < 4.78 is 32.4. The van der Waals surface area contributed by atoms with Gasteiger partial charge in [-0.1, -0.05) is 13.8 Å². The summed E-state index contributed by atoms with van der Waals surface area (Å²) in [5, 5.41) is 5.68. The summed E-state index contributed by atoms with van der Waals surface area (Å²) >= 11 is 0. The third-order valence-electron chi connectivity index (χ3n) is 5.40. The number of aryl methyl sites for hydroxylation is 1. The van der Waals surface area contributed by atoms with E-state index in [1.54, 1.807) is 12.3 Å². The highest BCUT2D eigenvalue weighted by Gasteiger charge is 2.31. The number of hydrogen-bond donors (Lipinski definition) is 2. The molecule has 9 nitrogen and oxygen atoms in total. The van der Waals surface area contributed by atoms with Gasteiger partial charge in [-0.05, 0) is 49.5 Å². The van der Waals surface area contributed by atoms with Crippen LogP contribution in [0.1, 0.15) is 50.3 Å². The molecule has 1 aliphatic rings. The van der Waals surface area contributed by atoms with Crippen molar-refractivity contribution in [1.82, 2.24) is 28.8 Å². The molecule has 0 bridgehead atoms. The topological polar surface area (TPSA) is 111 Å². The molecule has 4 rings (SSSR count). The minimum atomic E-state index is -3.91. The summed E-state index contributed by atoms with van der Waals surface area (Å²) in [5.41, 5.74) is 2.59. The molecule has 0 aliphatic heterocycles. The van der Waals surface area contributed by atoms with E-state index in [9.17, 15) is 13.2 Å². The van der Waals surface area contributed by atoms with Crippen LogP contribution in [-0.4, -0.2) is 40.2 Å². The number of rotatable bonds is 9. The molecular weight excluding hydrogens is 428 g/mol. The minimum Gasteiger partial charge on any atom is -0.283 e. The van der Waals surface area contributed by atoms with Gasteiger partial charge >= 0.3 is 10.2 Å². The quantitative estimate of drug-likeness (QED) is 0.481. The number of nitrogens with zero attached hydrogens (tertiary/aromatic N) is 4. The largest absolute Gasteiger partial charge is 0.301 e. The van der Waals surface area contributed by atoms with Gasteiger partial charge in [0.2, 0.25) is 0 Å². The Morgan fingerprint density at radius 2 is 2.09 bits per heavy atom. The van der Waals surface area contributed by atoms with Crippen molar-refractivity contribution in [3.05, 3.63) is 47.9 Å². The zero-order valence-electron chi connectivity index (χ0n) is 18.4. The van der Waals surface area contributed by atoms with Crippen LogP contribution in [0.5, 0.6) is 0 Å². The smallest absolute Gasteiger partial charge is 0.283 e. The monoisotopic (exact) mass is 456 g/mol. The first-order chi connectivity index (χ1) is 15.2. The molecule has 1 amide bonds. The van der Waals surface area contributed by atoms with Crippen LogP contribution in [0, 0.1) is 5.92 Å². The van der Waals surface area contributed by atoms with Gasteiger partial charge in [0.05, 0.1) is 5.69 Å². The molecule has 3 aromatic heterocycles. The summed E-state index contributed by atoms with van der Waals surface area (Å²) in [6.07, 6.45) is 9.32. The van der Waals surface area contributed by atoms with E-state index < -0.39 is 16.1 Å². The number of hydrogen-bond acceptors (Lipinski definition) is 5. The van der Waals surface area contributed by atoms with Crippen molar-refractivity contribution in [2.24, 2.45) is 13.0 Å². The fourth-order valence-corrected chi connectivity index (χ4v) is 4.49. The Hall–Kier alpha value is -2.98. The van der Waals surface area contributed by atoms with Crippen LogP contribution in [0.3, 0.4) is 0 Å². The Balaban J connectivity index is 1.60. The second-order valence-electron chi connectivity index (χ2n) is 8.50. The second-order valence-corrected chi connectivity index (χ2v) is 10.0. The lowest BCUT2D eigenvalue weighted by molar-refractivity contribution is -0.114. The Morgan fingerprint density at radius 3 is 2.81 bits per heavy atom. The minimum absolute atomic E-state index is 0.274. The van der Waals surface area contributed by atoms with E-state index in [0.29, 0.717) is 24.1 Å². The van der Waals surface area contributed by atoms with Gasteiger partial charge in [0.15, 0.2) is 5.82 Å². The van der Waals surface area contributed by atoms with Gasteiger partial charge in [-0.25, -0.2) is 9.71 Å². The molecule has 170 valence electrons. The number of carbonyl (C=O) groups excluding carboxylic acids is 1. The maximum absolute atomic E-state index is 12.4. The zero-order chi connectivity index (χ0) is 22.9. The molecule has 0 unspecified atom stereocenters. The Labute approximate surface area is 187 Å². The SMILES string of the molecule is CC(C)CCNS(=O)(=O)NC(=O)/C=C/c1c(-n2ccc3cccnc32)nn(C)c1C1CC1. The lowest BCUT2D eigenvalue weighted by Crippen LogP contribution is -2.40. The molecule has 3 aromatic rings. The highest BCUT2D eigenvalue weighted by atomic mass is 32.2. The molecule has 0 saturated heterocycles. The molecule has 0 spiro atoms.